The number of aromatic amines is 1. The number of carbonyl (C=O) groups is 1. The van der Waals surface area contributed by atoms with Crippen LogP contribution in [0.15, 0.2) is 24.9 Å². The van der Waals surface area contributed by atoms with Crippen LogP contribution >= 0.6 is 11.6 Å². The molecule has 0 bridgehead atoms. The zero-order valence-corrected chi connectivity index (χ0v) is 14.1. The normalized spacial score (nSPS) is 14.4. The van der Waals surface area contributed by atoms with Crippen LogP contribution in [-0.4, -0.2) is 52.5 Å². The van der Waals surface area contributed by atoms with Crippen LogP contribution in [0.4, 0.5) is 5.69 Å². The molecule has 1 fully saturated rings. The fourth-order valence-corrected chi connectivity index (χ4v) is 2.95. The van der Waals surface area contributed by atoms with Gasteiger partial charge in [-0.05, 0) is 12.3 Å². The summed E-state index contributed by atoms with van der Waals surface area (Å²) >= 11 is 5.98. The second-order valence-electron chi connectivity index (χ2n) is 5.53. The van der Waals surface area contributed by atoms with Crippen molar-refractivity contribution in [3.05, 3.63) is 35.6 Å². The maximum Gasteiger partial charge on any atom is 0.275 e. The minimum Gasteiger partial charge on any atom is -0.507 e. The van der Waals surface area contributed by atoms with E-state index < -0.39 is 0 Å². The Hall–Kier alpha value is -2.71. The standard InChI is InChI=1S/C16H18ClN5O3/c1-2-19-16(25)14-15(22-5-3-18-4-6-22)13(20-21-14)9-7-10(17)12(24)8-11(9)23/h2,7-8,18,23-24H,1,3-6H2,(H,19,25)(H,20,21). The molecule has 0 radical (unpaired) electrons. The van der Waals surface area contributed by atoms with Crippen LogP contribution < -0.4 is 15.5 Å². The molecule has 132 valence electrons. The number of nitrogens with one attached hydrogen (secondary N) is 3. The molecule has 0 spiro atoms. The highest BCUT2D eigenvalue weighted by molar-refractivity contribution is 6.32. The molecule has 5 N–H and O–H groups in total. The van der Waals surface area contributed by atoms with Crippen LogP contribution in [0.5, 0.6) is 11.5 Å². The predicted molar refractivity (Wildman–Crippen MR) is 95.1 cm³/mol. The highest BCUT2D eigenvalue weighted by Crippen LogP contribution is 2.41. The number of phenols is 2. The summed E-state index contributed by atoms with van der Waals surface area (Å²) in [5.74, 6) is -0.793. The van der Waals surface area contributed by atoms with Gasteiger partial charge in [0, 0.05) is 37.8 Å². The van der Waals surface area contributed by atoms with Crippen molar-refractivity contribution in [2.75, 3.05) is 31.1 Å². The lowest BCUT2D eigenvalue weighted by Gasteiger charge is -2.30. The average molecular weight is 364 g/mol. The maximum atomic E-state index is 12.3. The first-order valence-corrected chi connectivity index (χ1v) is 8.08. The van der Waals surface area contributed by atoms with Crippen molar-refractivity contribution >= 4 is 23.2 Å². The molecule has 1 aliphatic heterocycles. The van der Waals surface area contributed by atoms with Gasteiger partial charge in [0.2, 0.25) is 0 Å². The topological polar surface area (TPSA) is 114 Å². The number of amides is 1. The van der Waals surface area contributed by atoms with E-state index in [9.17, 15) is 15.0 Å². The summed E-state index contributed by atoms with van der Waals surface area (Å²) in [6.45, 7) is 6.36. The van der Waals surface area contributed by atoms with Crippen molar-refractivity contribution < 1.29 is 15.0 Å². The number of H-pyrrole nitrogens is 1. The van der Waals surface area contributed by atoms with Gasteiger partial charge in [0.15, 0.2) is 0 Å². The fourth-order valence-electron chi connectivity index (χ4n) is 2.78. The van der Waals surface area contributed by atoms with E-state index in [2.05, 4.69) is 27.4 Å². The van der Waals surface area contributed by atoms with Gasteiger partial charge in [-0.15, -0.1) is 0 Å². The first-order valence-electron chi connectivity index (χ1n) is 7.70. The van der Waals surface area contributed by atoms with E-state index >= 15 is 0 Å². The molecule has 8 nitrogen and oxygen atoms in total. The minimum absolute atomic E-state index is 0.0825. The van der Waals surface area contributed by atoms with Gasteiger partial charge in [-0.3, -0.25) is 9.89 Å². The van der Waals surface area contributed by atoms with Gasteiger partial charge in [0.1, 0.15) is 22.9 Å². The van der Waals surface area contributed by atoms with Gasteiger partial charge in [-0.1, -0.05) is 18.2 Å². The highest BCUT2D eigenvalue weighted by atomic mass is 35.5. The van der Waals surface area contributed by atoms with Crippen molar-refractivity contribution in [1.82, 2.24) is 20.8 Å². The van der Waals surface area contributed by atoms with Gasteiger partial charge in [0.05, 0.1) is 10.7 Å². The van der Waals surface area contributed by atoms with E-state index in [0.29, 0.717) is 30.0 Å². The van der Waals surface area contributed by atoms with Crippen molar-refractivity contribution in [2.24, 2.45) is 0 Å². The Morgan fingerprint density at radius 1 is 1.32 bits per heavy atom. The Kier molecular flexibility index (Phi) is 4.82. The molecule has 2 aromatic rings. The van der Waals surface area contributed by atoms with Crippen LogP contribution in [0.1, 0.15) is 10.5 Å². The highest BCUT2D eigenvalue weighted by Gasteiger charge is 2.27. The Bertz CT molecular complexity index is 814. The third-order valence-corrected chi connectivity index (χ3v) is 4.26. The van der Waals surface area contributed by atoms with Gasteiger partial charge in [0.25, 0.3) is 5.91 Å². The first-order chi connectivity index (χ1) is 12.0. The molecule has 9 heteroatoms. The average Bonchev–Trinajstić information content (AvgIpc) is 3.04. The molecular weight excluding hydrogens is 346 g/mol. The summed E-state index contributed by atoms with van der Waals surface area (Å²) in [5, 5.41) is 32.7. The van der Waals surface area contributed by atoms with E-state index in [1.807, 2.05) is 4.90 Å². The van der Waals surface area contributed by atoms with Crippen molar-refractivity contribution in [2.45, 2.75) is 0 Å². The monoisotopic (exact) mass is 363 g/mol. The number of hydrogen-bond donors (Lipinski definition) is 5. The first kappa shape index (κ1) is 17.1. The Morgan fingerprint density at radius 2 is 2.04 bits per heavy atom. The molecule has 1 aromatic heterocycles. The molecule has 1 amide bonds. The number of piperazine rings is 1. The number of aromatic nitrogens is 2. The molecule has 1 aromatic carbocycles. The largest absolute Gasteiger partial charge is 0.507 e. The lowest BCUT2D eigenvalue weighted by atomic mass is 10.1. The second kappa shape index (κ2) is 7.04. The summed E-state index contributed by atoms with van der Waals surface area (Å²) in [5.41, 5.74) is 1.54. The number of halogens is 1. The third kappa shape index (κ3) is 3.26. The van der Waals surface area contributed by atoms with Crippen molar-refractivity contribution in [1.29, 1.82) is 0 Å². The number of benzene rings is 1. The van der Waals surface area contributed by atoms with Crippen LogP contribution in [0, 0.1) is 0 Å². The maximum absolute atomic E-state index is 12.3. The molecule has 2 heterocycles. The number of carbonyl (C=O) groups excluding carboxylic acids is 1. The Labute approximate surface area is 149 Å². The molecule has 3 rings (SSSR count). The molecular formula is C16H18ClN5O3. The fraction of sp³-hybridized carbons (Fsp3) is 0.250. The number of anilines is 1. The van der Waals surface area contributed by atoms with Crippen LogP contribution in [0.3, 0.4) is 0 Å². The number of aromatic hydroxyl groups is 2. The lowest BCUT2D eigenvalue weighted by Crippen LogP contribution is -2.44. The number of rotatable bonds is 4. The molecule has 1 aliphatic rings. The van der Waals surface area contributed by atoms with Crippen LogP contribution in [0.25, 0.3) is 11.3 Å². The summed E-state index contributed by atoms with van der Waals surface area (Å²) in [6.07, 6.45) is 1.29. The number of phenolic OH excluding ortho intramolecular Hbond substituents is 2. The predicted octanol–water partition coefficient (Wildman–Crippen LogP) is 1.42. The zero-order valence-electron chi connectivity index (χ0n) is 13.3. The van der Waals surface area contributed by atoms with E-state index in [-0.39, 0.29) is 28.1 Å². The van der Waals surface area contributed by atoms with E-state index in [0.717, 1.165) is 19.2 Å². The summed E-state index contributed by atoms with van der Waals surface area (Å²) in [7, 11) is 0. The van der Waals surface area contributed by atoms with E-state index in [4.69, 9.17) is 11.6 Å². The van der Waals surface area contributed by atoms with Crippen molar-refractivity contribution in [3.8, 4) is 22.8 Å². The molecule has 1 saturated heterocycles. The quantitative estimate of drug-likeness (QED) is 0.561. The van der Waals surface area contributed by atoms with Gasteiger partial charge < -0.3 is 25.7 Å². The molecule has 0 saturated carbocycles. The molecule has 0 unspecified atom stereocenters. The van der Waals surface area contributed by atoms with E-state index in [1.54, 1.807) is 0 Å². The van der Waals surface area contributed by atoms with Gasteiger partial charge in [-0.2, -0.15) is 5.10 Å². The van der Waals surface area contributed by atoms with Crippen LogP contribution in [-0.2, 0) is 0 Å². The molecule has 0 aliphatic carbocycles. The summed E-state index contributed by atoms with van der Waals surface area (Å²) in [4.78, 5) is 14.3. The number of nitrogens with zero attached hydrogens (tertiary/aromatic N) is 2. The summed E-state index contributed by atoms with van der Waals surface area (Å²) in [6, 6.07) is 2.57. The summed E-state index contributed by atoms with van der Waals surface area (Å²) < 4.78 is 0. The zero-order chi connectivity index (χ0) is 18.0. The lowest BCUT2D eigenvalue weighted by molar-refractivity contribution is 0.0965. The molecule has 25 heavy (non-hydrogen) atoms. The smallest absolute Gasteiger partial charge is 0.275 e. The van der Waals surface area contributed by atoms with Gasteiger partial charge >= 0.3 is 0 Å². The third-order valence-electron chi connectivity index (χ3n) is 3.95. The number of hydrogen-bond acceptors (Lipinski definition) is 6. The Balaban J connectivity index is 2.14. The van der Waals surface area contributed by atoms with Crippen LogP contribution in [0.2, 0.25) is 5.02 Å². The molecule has 0 atom stereocenters. The van der Waals surface area contributed by atoms with E-state index in [1.165, 1.54) is 12.3 Å². The Morgan fingerprint density at radius 3 is 2.72 bits per heavy atom. The SMILES string of the molecule is C=CNC(=O)c1[nH]nc(-c2cc(Cl)c(O)cc2O)c1N1CCNCC1. The van der Waals surface area contributed by atoms with Crippen molar-refractivity contribution in [3.63, 3.8) is 0 Å². The minimum atomic E-state index is -0.383. The van der Waals surface area contributed by atoms with Gasteiger partial charge in [-0.25, -0.2) is 0 Å². The second-order valence-corrected chi connectivity index (χ2v) is 5.94.